The van der Waals surface area contributed by atoms with Gasteiger partial charge in [0.1, 0.15) is 0 Å². The Morgan fingerprint density at radius 3 is 2.88 bits per heavy atom. The molecule has 0 spiro atoms. The van der Waals surface area contributed by atoms with Crippen LogP contribution in [0.3, 0.4) is 0 Å². The number of para-hydroxylation sites is 1. The Labute approximate surface area is 102 Å². The van der Waals surface area contributed by atoms with Gasteiger partial charge in [0.25, 0.3) is 0 Å². The van der Waals surface area contributed by atoms with Crippen LogP contribution in [0.25, 0.3) is 5.69 Å². The first-order valence-electron chi connectivity index (χ1n) is 5.01. The zero-order chi connectivity index (χ0) is 11.5. The van der Waals surface area contributed by atoms with Crippen molar-refractivity contribution in [1.82, 2.24) is 15.0 Å². The van der Waals surface area contributed by atoms with Crippen LogP contribution in [-0.2, 0) is 6.42 Å². The summed E-state index contributed by atoms with van der Waals surface area (Å²) in [5.41, 5.74) is 1.82. The zero-order valence-electron chi connectivity index (χ0n) is 8.84. The molecule has 0 saturated carbocycles. The minimum Gasteiger partial charge on any atom is -0.393 e. The number of hydrogen-bond acceptors (Lipinski definition) is 3. The second-order valence-corrected chi connectivity index (χ2v) is 4.50. The highest BCUT2D eigenvalue weighted by atomic mass is 79.9. The number of benzene rings is 1. The summed E-state index contributed by atoms with van der Waals surface area (Å²) in [5, 5.41) is 17.3. The molecule has 0 aliphatic rings. The molecule has 0 saturated heterocycles. The molecule has 0 fully saturated rings. The third kappa shape index (κ3) is 2.31. The van der Waals surface area contributed by atoms with Crippen LogP contribution in [0.4, 0.5) is 0 Å². The van der Waals surface area contributed by atoms with E-state index in [0.29, 0.717) is 6.42 Å². The molecule has 2 aromatic rings. The number of aromatic nitrogens is 3. The van der Waals surface area contributed by atoms with E-state index in [1.807, 2.05) is 24.3 Å². The lowest BCUT2D eigenvalue weighted by atomic mass is 10.2. The molecule has 16 heavy (non-hydrogen) atoms. The average Bonchev–Trinajstić information content (AvgIpc) is 2.66. The maximum atomic E-state index is 9.38. The Hall–Kier alpha value is -1.20. The van der Waals surface area contributed by atoms with Gasteiger partial charge in [-0.15, -0.1) is 5.10 Å². The smallest absolute Gasteiger partial charge is 0.0808 e. The summed E-state index contributed by atoms with van der Waals surface area (Å²) in [7, 11) is 0. The van der Waals surface area contributed by atoms with E-state index in [-0.39, 0.29) is 0 Å². The molecular formula is C11H12BrN3O. The van der Waals surface area contributed by atoms with E-state index in [9.17, 15) is 5.11 Å². The topological polar surface area (TPSA) is 50.9 Å². The summed E-state index contributed by atoms with van der Waals surface area (Å²) < 4.78 is 2.68. The lowest BCUT2D eigenvalue weighted by Gasteiger charge is -2.08. The van der Waals surface area contributed by atoms with Crippen LogP contribution in [0.15, 0.2) is 34.9 Å². The highest BCUT2D eigenvalue weighted by Crippen LogP contribution is 2.21. The van der Waals surface area contributed by atoms with Crippen molar-refractivity contribution >= 4 is 15.9 Å². The molecule has 1 aromatic heterocycles. The van der Waals surface area contributed by atoms with Gasteiger partial charge in [-0.05, 0) is 35.0 Å². The number of aliphatic hydroxyl groups is 1. The van der Waals surface area contributed by atoms with E-state index in [4.69, 9.17) is 0 Å². The van der Waals surface area contributed by atoms with E-state index >= 15 is 0 Å². The second kappa shape index (κ2) is 4.76. The van der Waals surface area contributed by atoms with Crippen LogP contribution in [0.2, 0.25) is 0 Å². The molecule has 4 nitrogen and oxygen atoms in total. The Balaban J connectivity index is 2.41. The average molecular weight is 282 g/mol. The van der Waals surface area contributed by atoms with Gasteiger partial charge in [0, 0.05) is 10.9 Å². The van der Waals surface area contributed by atoms with Crippen LogP contribution in [0.5, 0.6) is 0 Å². The largest absolute Gasteiger partial charge is 0.393 e. The van der Waals surface area contributed by atoms with Gasteiger partial charge in [-0.25, -0.2) is 4.68 Å². The van der Waals surface area contributed by atoms with Crippen molar-refractivity contribution in [1.29, 1.82) is 0 Å². The summed E-state index contributed by atoms with van der Waals surface area (Å²) in [4.78, 5) is 0. The fourth-order valence-electron chi connectivity index (χ4n) is 1.52. The maximum Gasteiger partial charge on any atom is 0.0808 e. The third-order valence-electron chi connectivity index (χ3n) is 2.21. The lowest BCUT2D eigenvalue weighted by molar-refractivity contribution is 0.193. The molecule has 1 unspecified atom stereocenters. The van der Waals surface area contributed by atoms with E-state index in [0.717, 1.165) is 15.9 Å². The minimum absolute atomic E-state index is 0.403. The molecule has 0 bridgehead atoms. The van der Waals surface area contributed by atoms with Crippen molar-refractivity contribution in [3.05, 3.63) is 40.6 Å². The molecule has 0 radical (unpaired) electrons. The molecule has 2 rings (SSSR count). The number of hydrogen-bond donors (Lipinski definition) is 1. The first kappa shape index (κ1) is 11.3. The van der Waals surface area contributed by atoms with Crippen LogP contribution in [-0.4, -0.2) is 26.2 Å². The molecular weight excluding hydrogens is 270 g/mol. The quantitative estimate of drug-likeness (QED) is 0.936. The van der Waals surface area contributed by atoms with Crippen molar-refractivity contribution in [3.8, 4) is 5.69 Å². The van der Waals surface area contributed by atoms with E-state index in [1.165, 1.54) is 0 Å². The van der Waals surface area contributed by atoms with Gasteiger partial charge in [-0.2, -0.15) is 0 Å². The summed E-state index contributed by atoms with van der Waals surface area (Å²) in [5.74, 6) is 0. The van der Waals surface area contributed by atoms with Crippen LogP contribution >= 0.6 is 15.9 Å². The van der Waals surface area contributed by atoms with Gasteiger partial charge >= 0.3 is 0 Å². The molecule has 84 valence electrons. The van der Waals surface area contributed by atoms with E-state index in [1.54, 1.807) is 17.8 Å². The summed E-state index contributed by atoms with van der Waals surface area (Å²) in [6.07, 6.45) is 1.81. The number of aliphatic hydroxyl groups excluding tert-OH is 1. The van der Waals surface area contributed by atoms with Crippen molar-refractivity contribution in [2.24, 2.45) is 0 Å². The van der Waals surface area contributed by atoms with Crippen molar-refractivity contribution in [2.75, 3.05) is 0 Å². The maximum absolute atomic E-state index is 9.38. The second-order valence-electron chi connectivity index (χ2n) is 3.64. The highest BCUT2D eigenvalue weighted by molar-refractivity contribution is 9.10. The molecule has 0 aliphatic heterocycles. The normalized spacial score (nSPS) is 12.7. The van der Waals surface area contributed by atoms with Gasteiger partial charge in [0.15, 0.2) is 0 Å². The third-order valence-corrected chi connectivity index (χ3v) is 2.88. The number of rotatable bonds is 3. The van der Waals surface area contributed by atoms with E-state index < -0.39 is 6.10 Å². The van der Waals surface area contributed by atoms with Gasteiger partial charge < -0.3 is 5.11 Å². The molecule has 1 aromatic carbocycles. The van der Waals surface area contributed by atoms with Crippen molar-refractivity contribution in [2.45, 2.75) is 19.4 Å². The van der Waals surface area contributed by atoms with Crippen LogP contribution in [0, 0.1) is 0 Å². The Kier molecular flexibility index (Phi) is 3.36. The van der Waals surface area contributed by atoms with Gasteiger partial charge in [-0.3, -0.25) is 0 Å². The summed E-state index contributed by atoms with van der Waals surface area (Å²) in [6.45, 7) is 1.75. The predicted octanol–water partition coefficient (Wildman–Crippen LogP) is 1.95. The first-order valence-corrected chi connectivity index (χ1v) is 5.80. The fourth-order valence-corrected chi connectivity index (χ4v) is 1.98. The van der Waals surface area contributed by atoms with Gasteiger partial charge in [0.2, 0.25) is 0 Å². The lowest BCUT2D eigenvalue weighted by Crippen LogP contribution is -2.10. The van der Waals surface area contributed by atoms with Crippen molar-refractivity contribution < 1.29 is 5.11 Å². The molecule has 0 aliphatic carbocycles. The van der Waals surface area contributed by atoms with Crippen LogP contribution in [0.1, 0.15) is 12.6 Å². The first-order chi connectivity index (χ1) is 7.68. The predicted molar refractivity (Wildman–Crippen MR) is 64.4 cm³/mol. The standard InChI is InChI=1S/C11H12BrN3O/c1-8(16)6-9-7-13-14-15(9)11-5-3-2-4-10(11)12/h2-5,7-8,16H,6H2,1H3. The SMILES string of the molecule is CC(O)Cc1cnnn1-c1ccccc1Br. The summed E-state index contributed by atoms with van der Waals surface area (Å²) >= 11 is 3.47. The van der Waals surface area contributed by atoms with Crippen molar-refractivity contribution in [3.63, 3.8) is 0 Å². The van der Waals surface area contributed by atoms with E-state index in [2.05, 4.69) is 26.2 Å². The monoisotopic (exact) mass is 281 g/mol. The Bertz CT molecular complexity index is 482. The van der Waals surface area contributed by atoms with Gasteiger partial charge in [0.05, 0.1) is 23.7 Å². The summed E-state index contributed by atoms with van der Waals surface area (Å²) in [6, 6.07) is 7.78. The zero-order valence-corrected chi connectivity index (χ0v) is 10.4. The Morgan fingerprint density at radius 1 is 1.44 bits per heavy atom. The van der Waals surface area contributed by atoms with Gasteiger partial charge in [-0.1, -0.05) is 17.3 Å². The number of halogens is 1. The van der Waals surface area contributed by atoms with Crippen LogP contribution < -0.4 is 0 Å². The molecule has 1 atom stereocenters. The molecule has 0 amide bonds. The highest BCUT2D eigenvalue weighted by Gasteiger charge is 2.10. The fraction of sp³-hybridized carbons (Fsp3) is 0.273. The number of nitrogens with zero attached hydrogens (tertiary/aromatic N) is 3. The minimum atomic E-state index is -0.403. The molecule has 1 heterocycles. The Morgan fingerprint density at radius 2 is 2.19 bits per heavy atom. The molecule has 5 heteroatoms. The molecule has 1 N–H and O–H groups in total.